The topological polar surface area (TPSA) is 118 Å². The Morgan fingerprint density at radius 1 is 1.28 bits per heavy atom. The van der Waals surface area contributed by atoms with Crippen molar-refractivity contribution in [3.05, 3.63) is 54.0 Å². The lowest BCUT2D eigenvalue weighted by atomic mass is 9.99. The molecule has 9 heteroatoms. The molecule has 154 valence electrons. The molecule has 0 unspecified atom stereocenters. The number of aliphatic hydroxyl groups is 1. The summed E-state index contributed by atoms with van der Waals surface area (Å²) in [6.07, 6.45) is 0.312. The number of amides is 3. The predicted molar refractivity (Wildman–Crippen MR) is 100 cm³/mol. The zero-order valence-corrected chi connectivity index (χ0v) is 16.1. The fraction of sp³-hybridized carbons (Fsp3) is 0.350. The number of ether oxygens (including phenoxy) is 2. The van der Waals surface area contributed by atoms with Crippen molar-refractivity contribution in [2.45, 2.75) is 25.5 Å². The number of benzene rings is 1. The fourth-order valence-corrected chi connectivity index (χ4v) is 2.95. The van der Waals surface area contributed by atoms with Crippen LogP contribution in [0, 0.1) is 0 Å². The van der Waals surface area contributed by atoms with Gasteiger partial charge in [-0.05, 0) is 50.2 Å². The van der Waals surface area contributed by atoms with Gasteiger partial charge in [-0.15, -0.1) is 0 Å². The monoisotopic (exact) mass is 402 g/mol. The molecule has 0 saturated carbocycles. The van der Waals surface area contributed by atoms with Crippen molar-refractivity contribution >= 4 is 17.9 Å². The van der Waals surface area contributed by atoms with E-state index in [2.05, 4.69) is 5.32 Å². The van der Waals surface area contributed by atoms with Gasteiger partial charge in [0.2, 0.25) is 0 Å². The number of hydrogen-bond acceptors (Lipinski definition) is 7. The van der Waals surface area contributed by atoms with Crippen molar-refractivity contribution in [2.75, 3.05) is 19.8 Å². The minimum Gasteiger partial charge on any atom is -0.491 e. The molecule has 1 aliphatic heterocycles. The molecule has 0 aliphatic carbocycles. The summed E-state index contributed by atoms with van der Waals surface area (Å²) in [6, 6.07) is 8.84. The van der Waals surface area contributed by atoms with Crippen LogP contribution >= 0.6 is 0 Å². The van der Waals surface area contributed by atoms with Gasteiger partial charge in [-0.25, -0.2) is 9.59 Å². The van der Waals surface area contributed by atoms with Crippen LogP contribution in [0.15, 0.2) is 47.1 Å². The highest BCUT2D eigenvalue weighted by Crippen LogP contribution is 2.29. The minimum absolute atomic E-state index is 0.146. The van der Waals surface area contributed by atoms with E-state index in [0.717, 1.165) is 4.90 Å². The van der Waals surface area contributed by atoms with Crippen molar-refractivity contribution in [1.29, 1.82) is 0 Å². The van der Waals surface area contributed by atoms with E-state index in [0.29, 0.717) is 17.1 Å². The smallest absolute Gasteiger partial charge is 0.338 e. The van der Waals surface area contributed by atoms with Crippen LogP contribution in [0.5, 0.6) is 5.75 Å². The number of nitrogens with one attached hydrogen (secondary N) is 1. The number of carbonyl (C=O) groups is 3. The van der Waals surface area contributed by atoms with Gasteiger partial charge in [0.25, 0.3) is 5.91 Å². The number of imide groups is 1. The summed E-state index contributed by atoms with van der Waals surface area (Å²) in [5, 5.41) is 12.8. The molecule has 3 rings (SSSR count). The number of rotatable bonds is 8. The predicted octanol–water partition coefficient (Wildman–Crippen LogP) is 1.66. The van der Waals surface area contributed by atoms with Crippen LogP contribution in [0.2, 0.25) is 0 Å². The second kappa shape index (κ2) is 8.36. The van der Waals surface area contributed by atoms with Crippen molar-refractivity contribution in [2.24, 2.45) is 0 Å². The lowest BCUT2D eigenvalue weighted by Gasteiger charge is -2.20. The van der Waals surface area contributed by atoms with E-state index < -0.39 is 29.6 Å². The Labute approximate surface area is 167 Å². The molecule has 2 aromatic rings. The van der Waals surface area contributed by atoms with Crippen LogP contribution in [0.4, 0.5) is 4.79 Å². The van der Waals surface area contributed by atoms with Gasteiger partial charge in [-0.1, -0.05) is 0 Å². The molecule has 3 amide bonds. The highest BCUT2D eigenvalue weighted by molar-refractivity contribution is 6.06. The molecule has 1 aliphatic rings. The fourth-order valence-electron chi connectivity index (χ4n) is 2.95. The van der Waals surface area contributed by atoms with Crippen molar-refractivity contribution < 1.29 is 33.4 Å². The van der Waals surface area contributed by atoms with Crippen LogP contribution in [-0.2, 0) is 15.1 Å². The van der Waals surface area contributed by atoms with Crippen molar-refractivity contribution in [3.8, 4) is 5.75 Å². The first-order valence-corrected chi connectivity index (χ1v) is 9.11. The number of furan rings is 1. The molecular weight excluding hydrogens is 380 g/mol. The number of esters is 1. The number of nitrogens with zero attached hydrogens (tertiary/aromatic N) is 1. The zero-order chi connectivity index (χ0) is 21.0. The van der Waals surface area contributed by atoms with Crippen LogP contribution in [-0.4, -0.2) is 53.8 Å². The Morgan fingerprint density at radius 3 is 2.62 bits per heavy atom. The van der Waals surface area contributed by atoms with Gasteiger partial charge in [0.05, 0.1) is 25.0 Å². The van der Waals surface area contributed by atoms with Crippen molar-refractivity contribution in [1.82, 2.24) is 10.2 Å². The second-order valence-corrected chi connectivity index (χ2v) is 6.66. The van der Waals surface area contributed by atoms with Crippen LogP contribution in [0.1, 0.15) is 30.0 Å². The first-order valence-electron chi connectivity index (χ1n) is 9.11. The maximum absolute atomic E-state index is 12.7. The maximum atomic E-state index is 12.7. The molecule has 1 aromatic carbocycles. The lowest BCUT2D eigenvalue weighted by molar-refractivity contribution is -0.132. The quantitative estimate of drug-likeness (QED) is 0.509. The highest BCUT2D eigenvalue weighted by Gasteiger charge is 2.51. The molecule has 0 spiro atoms. The van der Waals surface area contributed by atoms with Crippen LogP contribution in [0.25, 0.3) is 0 Å². The summed E-state index contributed by atoms with van der Waals surface area (Å²) in [6.45, 7) is 3.17. The van der Waals surface area contributed by atoms with E-state index in [-0.39, 0.29) is 19.8 Å². The van der Waals surface area contributed by atoms with E-state index in [1.54, 1.807) is 50.2 Å². The Kier molecular flexibility index (Phi) is 5.88. The number of carbonyl (C=O) groups excluding carboxylic acids is 3. The van der Waals surface area contributed by atoms with Gasteiger partial charge in [0, 0.05) is 0 Å². The molecular formula is C20H22N2O7. The summed E-state index contributed by atoms with van der Waals surface area (Å²) in [7, 11) is 0. The standard InChI is InChI=1S/C20H22N2O7/c1-3-27-17(24)13-6-8-15(9-7-13)29-12-14(23)11-22-18(25)20(2,21-19(22)26)16-5-4-10-28-16/h4-10,14,23H,3,11-12H2,1-2H3,(H,21,26)/t14-,20+/m0/s1. The van der Waals surface area contributed by atoms with Crippen molar-refractivity contribution in [3.63, 3.8) is 0 Å². The van der Waals surface area contributed by atoms with Gasteiger partial charge in [-0.2, -0.15) is 0 Å². The third kappa shape index (κ3) is 4.24. The molecule has 0 radical (unpaired) electrons. The van der Waals surface area contributed by atoms with Gasteiger partial charge < -0.3 is 24.3 Å². The Morgan fingerprint density at radius 2 is 2.00 bits per heavy atom. The summed E-state index contributed by atoms with van der Waals surface area (Å²) in [5.41, 5.74) is -0.930. The first kappa shape index (κ1) is 20.4. The summed E-state index contributed by atoms with van der Waals surface area (Å²) >= 11 is 0. The molecule has 0 bridgehead atoms. The van der Waals surface area contributed by atoms with Crippen LogP contribution < -0.4 is 10.1 Å². The Balaban J connectivity index is 1.55. The molecule has 2 atom stereocenters. The van der Waals surface area contributed by atoms with Gasteiger partial charge in [0.1, 0.15) is 24.2 Å². The minimum atomic E-state index is -1.32. The maximum Gasteiger partial charge on any atom is 0.338 e. The van der Waals surface area contributed by atoms with E-state index in [4.69, 9.17) is 13.9 Å². The Hall–Kier alpha value is -3.33. The van der Waals surface area contributed by atoms with E-state index in [1.165, 1.54) is 6.26 Å². The Bertz CT molecular complexity index is 879. The third-order valence-electron chi connectivity index (χ3n) is 4.49. The number of β-amino-alcohol motifs (C(OH)–C–C–N with tert-alkyl or cyclic N) is 1. The summed E-state index contributed by atoms with van der Waals surface area (Å²) in [5.74, 6) is -0.215. The van der Waals surface area contributed by atoms with Gasteiger partial charge in [-0.3, -0.25) is 9.69 Å². The molecule has 9 nitrogen and oxygen atoms in total. The lowest BCUT2D eigenvalue weighted by Crippen LogP contribution is -2.42. The third-order valence-corrected chi connectivity index (χ3v) is 4.49. The first-order chi connectivity index (χ1) is 13.8. The van der Waals surface area contributed by atoms with E-state index in [9.17, 15) is 19.5 Å². The largest absolute Gasteiger partial charge is 0.491 e. The average molecular weight is 402 g/mol. The molecule has 1 aromatic heterocycles. The summed E-state index contributed by atoms with van der Waals surface area (Å²) in [4.78, 5) is 37.5. The van der Waals surface area contributed by atoms with E-state index >= 15 is 0 Å². The number of aliphatic hydroxyl groups excluding tert-OH is 1. The highest BCUT2D eigenvalue weighted by atomic mass is 16.5. The van der Waals surface area contributed by atoms with Gasteiger partial charge >= 0.3 is 12.0 Å². The summed E-state index contributed by atoms with van der Waals surface area (Å²) < 4.78 is 15.6. The molecule has 1 fully saturated rings. The SMILES string of the molecule is CCOC(=O)c1ccc(OC[C@@H](O)CN2C(=O)N[C@](C)(c3ccco3)C2=O)cc1. The molecule has 1 saturated heterocycles. The van der Waals surface area contributed by atoms with Gasteiger partial charge in [0.15, 0.2) is 5.54 Å². The molecule has 2 N–H and O–H groups in total. The second-order valence-electron chi connectivity index (χ2n) is 6.66. The average Bonchev–Trinajstić information content (AvgIpc) is 3.32. The molecule has 2 heterocycles. The normalized spacial score (nSPS) is 19.8. The number of urea groups is 1. The van der Waals surface area contributed by atoms with E-state index in [1.807, 2.05) is 0 Å². The molecule has 29 heavy (non-hydrogen) atoms. The zero-order valence-electron chi connectivity index (χ0n) is 16.1. The van der Waals surface area contributed by atoms with Crippen LogP contribution in [0.3, 0.4) is 0 Å². The number of hydrogen-bond donors (Lipinski definition) is 2.